The number of carbonyl (C=O) groups excluding carboxylic acids is 1. The van der Waals surface area contributed by atoms with Gasteiger partial charge in [0.1, 0.15) is 0 Å². The van der Waals surface area contributed by atoms with Gasteiger partial charge in [0.05, 0.1) is 5.41 Å². The van der Waals surface area contributed by atoms with E-state index in [9.17, 15) is 4.79 Å². The van der Waals surface area contributed by atoms with E-state index >= 15 is 0 Å². The summed E-state index contributed by atoms with van der Waals surface area (Å²) >= 11 is 0. The number of hydrogen-bond donors (Lipinski definition) is 1. The first-order chi connectivity index (χ1) is 15.6. The van der Waals surface area contributed by atoms with Crippen LogP contribution >= 0.6 is 0 Å². The second-order valence-corrected chi connectivity index (χ2v) is 9.12. The number of carbonyl (C=O) groups is 1. The van der Waals surface area contributed by atoms with Crippen LogP contribution in [0.15, 0.2) is 73.3 Å². The number of hydrogen-bond acceptors (Lipinski definition) is 4. The summed E-state index contributed by atoms with van der Waals surface area (Å²) in [7, 11) is 0. The summed E-state index contributed by atoms with van der Waals surface area (Å²) in [5, 5.41) is 3.22. The van der Waals surface area contributed by atoms with Gasteiger partial charge in [-0.2, -0.15) is 0 Å². The maximum Gasteiger partial charge on any atom is 0.226 e. The van der Waals surface area contributed by atoms with Crippen LogP contribution in [0.2, 0.25) is 0 Å². The lowest BCUT2D eigenvalue weighted by molar-refractivity contribution is -0.134. The van der Waals surface area contributed by atoms with E-state index in [1.807, 2.05) is 38.4 Å². The molecule has 0 atom stereocenters. The third-order valence-corrected chi connectivity index (χ3v) is 6.36. The molecular formula is C27H32N4O. The fourth-order valence-electron chi connectivity index (χ4n) is 4.63. The fraction of sp³-hybridized carbons (Fsp3) is 0.370. The monoisotopic (exact) mass is 428 g/mol. The van der Waals surface area contributed by atoms with Gasteiger partial charge in [-0.15, -0.1) is 0 Å². The Bertz CT molecular complexity index is 1010. The van der Waals surface area contributed by atoms with Crippen LogP contribution in [0, 0.1) is 5.41 Å². The zero-order chi connectivity index (χ0) is 22.4. The van der Waals surface area contributed by atoms with Crippen LogP contribution in [0.1, 0.15) is 37.8 Å². The van der Waals surface area contributed by atoms with E-state index in [0.717, 1.165) is 50.0 Å². The van der Waals surface area contributed by atoms with Crippen molar-refractivity contribution in [2.24, 2.45) is 5.41 Å². The van der Waals surface area contributed by atoms with E-state index in [1.165, 1.54) is 11.1 Å². The SMILES string of the molecule is CC(C)NC(=O)C1(Cc2ccccc2-c2cccnc2)CCN(Cc2cccnc2)CC1. The number of piperidine rings is 1. The number of aromatic nitrogens is 2. The van der Waals surface area contributed by atoms with Crippen molar-refractivity contribution in [3.8, 4) is 11.1 Å². The first-order valence-corrected chi connectivity index (χ1v) is 11.5. The number of nitrogens with zero attached hydrogens (tertiary/aromatic N) is 3. The molecule has 1 fully saturated rings. The fourth-order valence-corrected chi connectivity index (χ4v) is 4.63. The zero-order valence-electron chi connectivity index (χ0n) is 19.0. The largest absolute Gasteiger partial charge is 0.353 e. The number of likely N-dealkylation sites (tertiary alicyclic amines) is 1. The minimum Gasteiger partial charge on any atom is -0.353 e. The number of pyridine rings is 2. The Morgan fingerprint density at radius 1 is 1.00 bits per heavy atom. The molecule has 1 aliphatic heterocycles. The van der Waals surface area contributed by atoms with Crippen LogP contribution in [0.4, 0.5) is 0 Å². The van der Waals surface area contributed by atoms with E-state index in [1.54, 1.807) is 12.4 Å². The first-order valence-electron chi connectivity index (χ1n) is 11.5. The Balaban J connectivity index is 1.57. The minimum atomic E-state index is -0.409. The summed E-state index contributed by atoms with van der Waals surface area (Å²) < 4.78 is 0. The van der Waals surface area contributed by atoms with Crippen molar-refractivity contribution >= 4 is 5.91 Å². The predicted octanol–water partition coefficient (Wildman–Crippen LogP) is 4.49. The Morgan fingerprint density at radius 3 is 2.38 bits per heavy atom. The van der Waals surface area contributed by atoms with Crippen LogP contribution in [0.5, 0.6) is 0 Å². The van der Waals surface area contributed by atoms with Gasteiger partial charge in [-0.3, -0.25) is 19.7 Å². The minimum absolute atomic E-state index is 0.126. The molecule has 0 unspecified atom stereocenters. The highest BCUT2D eigenvalue weighted by molar-refractivity contribution is 5.84. The molecule has 1 N–H and O–H groups in total. The standard InChI is InChI=1S/C27H32N4O/c1-21(2)30-26(32)27(11-15-31(16-12-27)20-22-7-5-13-28-18-22)17-23-8-3-4-10-25(23)24-9-6-14-29-19-24/h3-10,13-14,18-19,21H,11-12,15-17,20H2,1-2H3,(H,30,32). The maximum absolute atomic E-state index is 13.5. The van der Waals surface area contributed by atoms with Crippen molar-refractivity contribution in [2.45, 2.75) is 45.7 Å². The molecule has 3 heterocycles. The molecule has 5 heteroatoms. The van der Waals surface area contributed by atoms with Crippen molar-refractivity contribution < 1.29 is 4.79 Å². The average Bonchev–Trinajstić information content (AvgIpc) is 2.81. The van der Waals surface area contributed by atoms with Crippen LogP contribution in [-0.2, 0) is 17.8 Å². The molecule has 0 radical (unpaired) electrons. The average molecular weight is 429 g/mol. The van der Waals surface area contributed by atoms with Gasteiger partial charge in [0.2, 0.25) is 5.91 Å². The highest BCUT2D eigenvalue weighted by Crippen LogP contribution is 2.38. The molecule has 5 nitrogen and oxygen atoms in total. The molecular weight excluding hydrogens is 396 g/mol. The van der Waals surface area contributed by atoms with Crippen molar-refractivity contribution in [2.75, 3.05) is 13.1 Å². The van der Waals surface area contributed by atoms with Gasteiger partial charge in [0.15, 0.2) is 0 Å². The lowest BCUT2D eigenvalue weighted by Gasteiger charge is -2.41. The Labute approximate surface area is 190 Å². The van der Waals surface area contributed by atoms with Gasteiger partial charge in [0.25, 0.3) is 0 Å². The summed E-state index contributed by atoms with van der Waals surface area (Å²) in [6.07, 6.45) is 9.84. The van der Waals surface area contributed by atoms with Gasteiger partial charge >= 0.3 is 0 Å². The van der Waals surface area contributed by atoms with Crippen LogP contribution in [0.25, 0.3) is 11.1 Å². The van der Waals surface area contributed by atoms with Gasteiger partial charge in [-0.25, -0.2) is 0 Å². The van der Waals surface area contributed by atoms with E-state index < -0.39 is 5.41 Å². The van der Waals surface area contributed by atoms with Crippen molar-refractivity contribution in [3.63, 3.8) is 0 Å². The molecule has 1 amide bonds. The number of amides is 1. The highest BCUT2D eigenvalue weighted by atomic mass is 16.2. The highest BCUT2D eigenvalue weighted by Gasteiger charge is 2.42. The van der Waals surface area contributed by atoms with Crippen molar-refractivity contribution in [1.29, 1.82) is 0 Å². The summed E-state index contributed by atoms with van der Waals surface area (Å²) in [6, 6.07) is 16.7. The predicted molar refractivity (Wildman–Crippen MR) is 128 cm³/mol. The van der Waals surface area contributed by atoms with Crippen LogP contribution in [-0.4, -0.2) is 39.9 Å². The second kappa shape index (κ2) is 10.0. The van der Waals surface area contributed by atoms with Gasteiger partial charge in [-0.05, 0) is 75.0 Å². The summed E-state index contributed by atoms with van der Waals surface area (Å²) in [5.41, 5.74) is 4.27. The van der Waals surface area contributed by atoms with E-state index in [0.29, 0.717) is 0 Å². The summed E-state index contributed by atoms with van der Waals surface area (Å²) in [6.45, 7) is 6.74. The molecule has 2 aromatic heterocycles. The molecule has 0 saturated carbocycles. The lowest BCUT2D eigenvalue weighted by Crippen LogP contribution is -2.51. The molecule has 32 heavy (non-hydrogen) atoms. The third-order valence-electron chi connectivity index (χ3n) is 6.36. The summed E-state index contributed by atoms with van der Waals surface area (Å²) in [4.78, 5) is 24.5. The molecule has 3 aromatic rings. The zero-order valence-corrected chi connectivity index (χ0v) is 19.0. The summed E-state index contributed by atoms with van der Waals surface area (Å²) in [5.74, 6) is 0.175. The molecule has 1 saturated heterocycles. The number of nitrogens with one attached hydrogen (secondary N) is 1. The normalized spacial score (nSPS) is 16.1. The first kappa shape index (κ1) is 22.2. The van der Waals surface area contributed by atoms with E-state index in [-0.39, 0.29) is 11.9 Å². The maximum atomic E-state index is 13.5. The van der Waals surface area contributed by atoms with Crippen molar-refractivity contribution in [1.82, 2.24) is 20.2 Å². The van der Waals surface area contributed by atoms with Crippen LogP contribution in [0.3, 0.4) is 0 Å². The Hall–Kier alpha value is -3.05. The number of benzene rings is 1. The molecule has 0 aliphatic carbocycles. The molecule has 0 bridgehead atoms. The van der Waals surface area contributed by atoms with Crippen molar-refractivity contribution in [3.05, 3.63) is 84.4 Å². The molecule has 0 spiro atoms. The van der Waals surface area contributed by atoms with Gasteiger partial charge in [0, 0.05) is 42.9 Å². The van der Waals surface area contributed by atoms with E-state index in [4.69, 9.17) is 0 Å². The Morgan fingerprint density at radius 2 is 1.72 bits per heavy atom. The number of rotatable bonds is 7. The quantitative estimate of drug-likeness (QED) is 0.602. The third kappa shape index (κ3) is 5.22. The topological polar surface area (TPSA) is 58.1 Å². The van der Waals surface area contributed by atoms with Gasteiger partial charge in [-0.1, -0.05) is 36.4 Å². The molecule has 166 valence electrons. The molecule has 1 aromatic carbocycles. The van der Waals surface area contributed by atoms with Gasteiger partial charge < -0.3 is 5.32 Å². The smallest absolute Gasteiger partial charge is 0.226 e. The molecule has 4 rings (SSSR count). The molecule has 1 aliphatic rings. The van der Waals surface area contributed by atoms with E-state index in [2.05, 4.69) is 56.6 Å². The van der Waals surface area contributed by atoms with Crippen LogP contribution < -0.4 is 5.32 Å². The lowest BCUT2D eigenvalue weighted by atomic mass is 9.72. The Kier molecular flexibility index (Phi) is 6.96. The second-order valence-electron chi connectivity index (χ2n) is 9.12.